The topological polar surface area (TPSA) is 76.0 Å². The molecule has 1 saturated heterocycles. The lowest BCUT2D eigenvalue weighted by molar-refractivity contribution is -0.183. The molecule has 0 spiro atoms. The molecule has 1 aliphatic rings. The number of carbonyl (C=O) groups excluding carboxylic acids is 1. The van der Waals surface area contributed by atoms with Crippen molar-refractivity contribution in [3.63, 3.8) is 0 Å². The molecule has 0 amide bonds. The van der Waals surface area contributed by atoms with Crippen molar-refractivity contribution >= 4 is 5.97 Å². The molecule has 2 N–H and O–H groups in total. The van der Waals surface area contributed by atoms with Gasteiger partial charge in [0.05, 0.1) is 19.3 Å². The Balaban J connectivity index is 1.76. The number of cyclic esters (lactones) is 1. The monoisotopic (exact) mass is 252 g/mol. The second kappa shape index (κ2) is 5.95. The minimum atomic E-state index is -1.43. The highest BCUT2D eigenvalue weighted by Gasteiger charge is 2.35. The van der Waals surface area contributed by atoms with Gasteiger partial charge < -0.3 is 19.7 Å². The maximum atomic E-state index is 11.2. The number of hydrogen-bond acceptors (Lipinski definition) is 5. The zero-order chi connectivity index (χ0) is 13.0. The lowest BCUT2D eigenvalue weighted by atomic mass is 10.0. The van der Waals surface area contributed by atoms with Gasteiger partial charge in [0.15, 0.2) is 6.10 Å². The summed E-state index contributed by atoms with van der Waals surface area (Å²) in [4.78, 5) is 11.2. The number of carbonyl (C=O) groups is 1. The first-order chi connectivity index (χ1) is 8.66. The van der Waals surface area contributed by atoms with Crippen LogP contribution in [0.15, 0.2) is 30.3 Å². The summed E-state index contributed by atoms with van der Waals surface area (Å²) in [6.07, 6.45) is -2.81. The molecule has 98 valence electrons. The summed E-state index contributed by atoms with van der Waals surface area (Å²) in [6, 6.07) is 9.63. The summed E-state index contributed by atoms with van der Waals surface area (Å²) < 4.78 is 10.4. The van der Waals surface area contributed by atoms with Crippen LogP contribution in [0.5, 0.6) is 0 Å². The largest absolute Gasteiger partial charge is 0.458 e. The van der Waals surface area contributed by atoms with Crippen LogP contribution < -0.4 is 0 Å². The summed E-state index contributed by atoms with van der Waals surface area (Å²) in [7, 11) is 0. The fourth-order valence-electron chi connectivity index (χ4n) is 1.82. The molecule has 0 aliphatic carbocycles. The van der Waals surface area contributed by atoms with Gasteiger partial charge in [-0.2, -0.15) is 0 Å². The minimum absolute atomic E-state index is 0.196. The number of hydrogen-bond donors (Lipinski definition) is 2. The van der Waals surface area contributed by atoms with E-state index in [4.69, 9.17) is 9.47 Å². The van der Waals surface area contributed by atoms with E-state index in [0.717, 1.165) is 5.56 Å². The standard InChI is InChI=1S/C13H16O5/c14-11-6-10(18-13(16)12(11)15)8-17-7-9-4-2-1-3-5-9/h1-5,10-12,14-15H,6-8H2/t10-,11+,12-/m1/s1. The zero-order valence-corrected chi connectivity index (χ0v) is 9.86. The summed E-state index contributed by atoms with van der Waals surface area (Å²) in [5, 5.41) is 18.6. The summed E-state index contributed by atoms with van der Waals surface area (Å²) in [6.45, 7) is 0.637. The Labute approximate surface area is 105 Å². The van der Waals surface area contributed by atoms with Gasteiger partial charge in [-0.15, -0.1) is 0 Å². The average Bonchev–Trinajstić information content (AvgIpc) is 2.37. The molecule has 3 atom stereocenters. The Kier molecular flexibility index (Phi) is 4.30. The van der Waals surface area contributed by atoms with E-state index in [2.05, 4.69) is 0 Å². The van der Waals surface area contributed by atoms with Crippen LogP contribution in [-0.4, -0.2) is 41.1 Å². The Morgan fingerprint density at radius 3 is 2.67 bits per heavy atom. The van der Waals surface area contributed by atoms with Gasteiger partial charge in [0.1, 0.15) is 6.10 Å². The highest BCUT2D eigenvalue weighted by atomic mass is 16.6. The Morgan fingerprint density at radius 2 is 2.00 bits per heavy atom. The molecule has 18 heavy (non-hydrogen) atoms. The zero-order valence-electron chi connectivity index (χ0n) is 9.86. The first kappa shape index (κ1) is 13.0. The van der Waals surface area contributed by atoms with E-state index in [-0.39, 0.29) is 13.0 Å². The molecule has 1 aromatic carbocycles. The highest BCUT2D eigenvalue weighted by molar-refractivity contribution is 5.76. The summed E-state index contributed by atoms with van der Waals surface area (Å²) >= 11 is 0. The van der Waals surface area contributed by atoms with Crippen molar-refractivity contribution in [3.8, 4) is 0 Å². The predicted octanol–water partition coefficient (Wildman–Crippen LogP) is 0.240. The van der Waals surface area contributed by atoms with Crippen LogP contribution in [0.25, 0.3) is 0 Å². The van der Waals surface area contributed by atoms with Crippen LogP contribution in [0.1, 0.15) is 12.0 Å². The summed E-state index contributed by atoms with van der Waals surface area (Å²) in [5.74, 6) is -0.790. The molecule has 0 aromatic heterocycles. The molecule has 0 bridgehead atoms. The van der Waals surface area contributed by atoms with Crippen molar-refractivity contribution in [2.75, 3.05) is 6.61 Å². The molecule has 1 fully saturated rings. The van der Waals surface area contributed by atoms with E-state index < -0.39 is 24.3 Å². The van der Waals surface area contributed by atoms with Crippen molar-refractivity contribution in [2.24, 2.45) is 0 Å². The predicted molar refractivity (Wildman–Crippen MR) is 62.6 cm³/mol. The van der Waals surface area contributed by atoms with Crippen molar-refractivity contribution < 1.29 is 24.5 Å². The van der Waals surface area contributed by atoms with Gasteiger partial charge in [-0.1, -0.05) is 30.3 Å². The lowest BCUT2D eigenvalue weighted by Crippen LogP contribution is -2.46. The van der Waals surface area contributed by atoms with Crippen LogP contribution in [-0.2, 0) is 20.9 Å². The van der Waals surface area contributed by atoms with Gasteiger partial charge in [-0.05, 0) is 5.56 Å². The van der Waals surface area contributed by atoms with Gasteiger partial charge in [0.2, 0.25) is 0 Å². The molecule has 1 heterocycles. The third-order valence-corrected chi connectivity index (χ3v) is 2.81. The van der Waals surface area contributed by atoms with E-state index in [1.54, 1.807) is 0 Å². The molecule has 2 rings (SSSR count). The number of rotatable bonds is 4. The second-order valence-electron chi connectivity index (χ2n) is 4.31. The van der Waals surface area contributed by atoms with E-state index >= 15 is 0 Å². The molecule has 5 nitrogen and oxygen atoms in total. The second-order valence-corrected chi connectivity index (χ2v) is 4.31. The fourth-order valence-corrected chi connectivity index (χ4v) is 1.82. The smallest absolute Gasteiger partial charge is 0.338 e. The van der Waals surface area contributed by atoms with Crippen molar-refractivity contribution in [1.82, 2.24) is 0 Å². The molecule has 0 unspecified atom stereocenters. The molecule has 0 saturated carbocycles. The number of aliphatic hydroxyl groups excluding tert-OH is 2. The number of aliphatic hydroxyl groups is 2. The molecule has 0 radical (unpaired) electrons. The van der Waals surface area contributed by atoms with E-state index in [0.29, 0.717) is 6.61 Å². The van der Waals surface area contributed by atoms with E-state index in [9.17, 15) is 15.0 Å². The van der Waals surface area contributed by atoms with Crippen LogP contribution in [0.4, 0.5) is 0 Å². The number of esters is 1. The van der Waals surface area contributed by atoms with Crippen molar-refractivity contribution in [1.29, 1.82) is 0 Å². The van der Waals surface area contributed by atoms with Crippen LogP contribution in [0, 0.1) is 0 Å². The Hall–Kier alpha value is -1.43. The minimum Gasteiger partial charge on any atom is -0.458 e. The SMILES string of the molecule is O=C1O[C@@H](COCc2ccccc2)C[C@H](O)[C@H]1O. The molecular weight excluding hydrogens is 236 g/mol. The Morgan fingerprint density at radius 1 is 1.28 bits per heavy atom. The van der Waals surface area contributed by atoms with E-state index in [1.165, 1.54) is 0 Å². The third kappa shape index (κ3) is 3.29. The lowest BCUT2D eigenvalue weighted by Gasteiger charge is -2.29. The van der Waals surface area contributed by atoms with Crippen LogP contribution >= 0.6 is 0 Å². The molecule has 5 heteroatoms. The summed E-state index contributed by atoms with van der Waals surface area (Å²) in [5.41, 5.74) is 1.03. The van der Waals surface area contributed by atoms with Crippen LogP contribution in [0.3, 0.4) is 0 Å². The van der Waals surface area contributed by atoms with Crippen molar-refractivity contribution in [3.05, 3.63) is 35.9 Å². The maximum absolute atomic E-state index is 11.2. The van der Waals surface area contributed by atoms with Crippen molar-refractivity contribution in [2.45, 2.75) is 31.3 Å². The molecule has 1 aliphatic heterocycles. The fraction of sp³-hybridized carbons (Fsp3) is 0.462. The first-order valence-electron chi connectivity index (χ1n) is 5.85. The normalized spacial score (nSPS) is 27.9. The van der Waals surface area contributed by atoms with Crippen LogP contribution in [0.2, 0.25) is 0 Å². The third-order valence-electron chi connectivity index (χ3n) is 2.81. The maximum Gasteiger partial charge on any atom is 0.338 e. The van der Waals surface area contributed by atoms with Gasteiger partial charge in [-0.3, -0.25) is 0 Å². The quantitative estimate of drug-likeness (QED) is 0.751. The number of ether oxygens (including phenoxy) is 2. The average molecular weight is 252 g/mol. The Bertz CT molecular complexity index is 392. The van der Waals surface area contributed by atoms with E-state index in [1.807, 2.05) is 30.3 Å². The molecular formula is C13H16O5. The molecule has 1 aromatic rings. The highest BCUT2D eigenvalue weighted by Crippen LogP contribution is 2.16. The number of benzene rings is 1. The van der Waals surface area contributed by atoms with Gasteiger partial charge in [0.25, 0.3) is 0 Å². The first-order valence-corrected chi connectivity index (χ1v) is 5.85. The van der Waals surface area contributed by atoms with Gasteiger partial charge in [0, 0.05) is 6.42 Å². The van der Waals surface area contributed by atoms with Gasteiger partial charge in [-0.25, -0.2) is 4.79 Å². The van der Waals surface area contributed by atoms with Gasteiger partial charge >= 0.3 is 5.97 Å².